The standard InChI is InChI=1S/C10H16N4O/c1-7-8-6-14(10(15)11-2)5-3-4-9(8)13-12-7/h3-6H2,1-2H3,(H,11,15)(H,12,13). The van der Waals surface area contributed by atoms with Gasteiger partial charge in [-0.25, -0.2) is 4.79 Å². The lowest BCUT2D eigenvalue weighted by Crippen LogP contribution is -2.37. The van der Waals surface area contributed by atoms with E-state index in [4.69, 9.17) is 0 Å². The van der Waals surface area contributed by atoms with E-state index in [0.717, 1.165) is 30.8 Å². The minimum Gasteiger partial charge on any atom is -0.341 e. The van der Waals surface area contributed by atoms with Crippen LogP contribution in [-0.4, -0.2) is 34.7 Å². The van der Waals surface area contributed by atoms with Gasteiger partial charge in [0.2, 0.25) is 0 Å². The molecule has 0 fully saturated rings. The van der Waals surface area contributed by atoms with Gasteiger partial charge in [0.05, 0.1) is 12.2 Å². The summed E-state index contributed by atoms with van der Waals surface area (Å²) in [6.07, 6.45) is 1.93. The fraction of sp³-hybridized carbons (Fsp3) is 0.600. The van der Waals surface area contributed by atoms with Crippen molar-refractivity contribution in [3.8, 4) is 0 Å². The van der Waals surface area contributed by atoms with Gasteiger partial charge in [0.1, 0.15) is 0 Å². The Kier molecular flexibility index (Phi) is 2.62. The van der Waals surface area contributed by atoms with Crippen LogP contribution in [0.3, 0.4) is 0 Å². The molecule has 5 heteroatoms. The zero-order chi connectivity index (χ0) is 10.8. The van der Waals surface area contributed by atoms with Crippen LogP contribution in [0.4, 0.5) is 4.79 Å². The number of carbonyl (C=O) groups is 1. The maximum Gasteiger partial charge on any atom is 0.317 e. The Bertz CT molecular complexity index is 371. The molecule has 0 radical (unpaired) electrons. The summed E-state index contributed by atoms with van der Waals surface area (Å²) in [7, 11) is 1.66. The third kappa shape index (κ3) is 1.82. The second-order valence-corrected chi connectivity index (χ2v) is 3.85. The van der Waals surface area contributed by atoms with Crippen molar-refractivity contribution in [1.82, 2.24) is 20.4 Å². The molecule has 2 amide bonds. The highest BCUT2D eigenvalue weighted by Crippen LogP contribution is 2.19. The molecule has 0 unspecified atom stereocenters. The summed E-state index contributed by atoms with van der Waals surface area (Å²) in [6.45, 7) is 3.46. The van der Waals surface area contributed by atoms with Crippen molar-refractivity contribution in [3.63, 3.8) is 0 Å². The first kappa shape index (κ1) is 10.0. The van der Waals surface area contributed by atoms with Crippen molar-refractivity contribution in [2.75, 3.05) is 13.6 Å². The largest absolute Gasteiger partial charge is 0.341 e. The lowest BCUT2D eigenvalue weighted by molar-refractivity contribution is 0.198. The summed E-state index contributed by atoms with van der Waals surface area (Å²) >= 11 is 0. The molecule has 5 nitrogen and oxygen atoms in total. The monoisotopic (exact) mass is 208 g/mol. The summed E-state index contributed by atoms with van der Waals surface area (Å²) in [4.78, 5) is 13.4. The number of aromatic amines is 1. The Morgan fingerprint density at radius 2 is 2.40 bits per heavy atom. The van der Waals surface area contributed by atoms with Crippen LogP contribution in [0.5, 0.6) is 0 Å². The molecule has 0 atom stereocenters. The van der Waals surface area contributed by atoms with Gasteiger partial charge in [0, 0.05) is 24.8 Å². The van der Waals surface area contributed by atoms with Gasteiger partial charge in [-0.1, -0.05) is 0 Å². The summed E-state index contributed by atoms with van der Waals surface area (Å²) in [5.74, 6) is 0. The normalized spacial score (nSPS) is 15.7. The van der Waals surface area contributed by atoms with Crippen LogP contribution in [-0.2, 0) is 13.0 Å². The number of nitrogens with zero attached hydrogens (tertiary/aromatic N) is 2. The number of hydrogen-bond acceptors (Lipinski definition) is 2. The van der Waals surface area contributed by atoms with Crippen LogP contribution in [0, 0.1) is 6.92 Å². The molecule has 82 valence electrons. The Hall–Kier alpha value is -1.52. The minimum absolute atomic E-state index is 0.0107. The van der Waals surface area contributed by atoms with Gasteiger partial charge in [-0.05, 0) is 19.8 Å². The molecular formula is C10H16N4O. The van der Waals surface area contributed by atoms with Crippen molar-refractivity contribution in [1.29, 1.82) is 0 Å². The molecule has 0 saturated heterocycles. The van der Waals surface area contributed by atoms with E-state index in [1.165, 1.54) is 5.56 Å². The lowest BCUT2D eigenvalue weighted by Gasteiger charge is -2.19. The molecule has 2 heterocycles. The average molecular weight is 208 g/mol. The van der Waals surface area contributed by atoms with Crippen LogP contribution >= 0.6 is 0 Å². The fourth-order valence-electron chi connectivity index (χ4n) is 1.96. The number of H-pyrrole nitrogens is 1. The van der Waals surface area contributed by atoms with Crippen molar-refractivity contribution < 1.29 is 4.79 Å². The highest BCUT2D eigenvalue weighted by molar-refractivity contribution is 5.73. The van der Waals surface area contributed by atoms with E-state index in [1.807, 2.05) is 11.8 Å². The maximum atomic E-state index is 11.5. The van der Waals surface area contributed by atoms with Crippen LogP contribution in [0.1, 0.15) is 23.4 Å². The molecular weight excluding hydrogens is 192 g/mol. The van der Waals surface area contributed by atoms with E-state index in [9.17, 15) is 4.79 Å². The van der Waals surface area contributed by atoms with Gasteiger partial charge < -0.3 is 10.2 Å². The second kappa shape index (κ2) is 3.92. The first-order valence-corrected chi connectivity index (χ1v) is 5.21. The van der Waals surface area contributed by atoms with Crippen molar-refractivity contribution in [2.45, 2.75) is 26.3 Å². The summed E-state index contributed by atoms with van der Waals surface area (Å²) in [6, 6.07) is -0.0107. The minimum atomic E-state index is -0.0107. The number of carbonyl (C=O) groups excluding carboxylic acids is 1. The summed E-state index contributed by atoms with van der Waals surface area (Å²) < 4.78 is 0. The number of urea groups is 1. The molecule has 2 rings (SSSR count). The zero-order valence-corrected chi connectivity index (χ0v) is 9.13. The molecule has 0 saturated carbocycles. The Balaban J connectivity index is 2.23. The number of rotatable bonds is 0. The van der Waals surface area contributed by atoms with Crippen molar-refractivity contribution >= 4 is 6.03 Å². The zero-order valence-electron chi connectivity index (χ0n) is 9.13. The smallest absolute Gasteiger partial charge is 0.317 e. The van der Waals surface area contributed by atoms with E-state index in [2.05, 4.69) is 15.5 Å². The average Bonchev–Trinajstić information content (AvgIpc) is 2.50. The van der Waals surface area contributed by atoms with E-state index < -0.39 is 0 Å². The quantitative estimate of drug-likeness (QED) is 0.662. The molecule has 15 heavy (non-hydrogen) atoms. The molecule has 2 N–H and O–H groups in total. The first-order valence-electron chi connectivity index (χ1n) is 5.21. The summed E-state index contributed by atoms with van der Waals surface area (Å²) in [5.41, 5.74) is 3.36. The third-order valence-corrected chi connectivity index (χ3v) is 2.85. The Morgan fingerprint density at radius 1 is 1.60 bits per heavy atom. The number of aromatic nitrogens is 2. The van der Waals surface area contributed by atoms with Gasteiger partial charge >= 0.3 is 6.03 Å². The molecule has 1 aromatic rings. The van der Waals surface area contributed by atoms with Gasteiger partial charge in [-0.15, -0.1) is 0 Å². The predicted molar refractivity (Wildman–Crippen MR) is 56.5 cm³/mol. The molecule has 0 bridgehead atoms. The number of aryl methyl sites for hydroxylation is 2. The molecule has 1 aromatic heterocycles. The van der Waals surface area contributed by atoms with E-state index in [-0.39, 0.29) is 6.03 Å². The third-order valence-electron chi connectivity index (χ3n) is 2.85. The number of amides is 2. The predicted octanol–water partition coefficient (Wildman–Crippen LogP) is 0.806. The topological polar surface area (TPSA) is 61.0 Å². The van der Waals surface area contributed by atoms with E-state index in [1.54, 1.807) is 7.05 Å². The Morgan fingerprint density at radius 3 is 3.13 bits per heavy atom. The van der Waals surface area contributed by atoms with Crippen LogP contribution in [0.25, 0.3) is 0 Å². The van der Waals surface area contributed by atoms with Gasteiger partial charge in [0.15, 0.2) is 0 Å². The molecule has 0 aromatic carbocycles. The van der Waals surface area contributed by atoms with Gasteiger partial charge in [-0.3, -0.25) is 5.10 Å². The highest BCUT2D eigenvalue weighted by Gasteiger charge is 2.21. The van der Waals surface area contributed by atoms with Crippen LogP contribution < -0.4 is 5.32 Å². The second-order valence-electron chi connectivity index (χ2n) is 3.85. The van der Waals surface area contributed by atoms with Crippen LogP contribution in [0.2, 0.25) is 0 Å². The SMILES string of the molecule is CNC(=O)N1CCCc2n[nH]c(C)c2C1. The van der Waals surface area contributed by atoms with Crippen molar-refractivity contribution in [3.05, 3.63) is 17.0 Å². The Labute approximate surface area is 88.8 Å². The maximum absolute atomic E-state index is 11.5. The first-order chi connectivity index (χ1) is 7.22. The lowest BCUT2D eigenvalue weighted by atomic mass is 10.1. The van der Waals surface area contributed by atoms with Gasteiger partial charge in [-0.2, -0.15) is 5.10 Å². The van der Waals surface area contributed by atoms with E-state index in [0.29, 0.717) is 6.54 Å². The fourth-order valence-corrected chi connectivity index (χ4v) is 1.96. The number of fused-ring (bicyclic) bond motifs is 1. The molecule has 0 spiro atoms. The van der Waals surface area contributed by atoms with Crippen molar-refractivity contribution in [2.24, 2.45) is 0 Å². The van der Waals surface area contributed by atoms with Gasteiger partial charge in [0.25, 0.3) is 0 Å². The highest BCUT2D eigenvalue weighted by atomic mass is 16.2. The molecule has 1 aliphatic heterocycles. The molecule has 1 aliphatic rings. The van der Waals surface area contributed by atoms with Crippen LogP contribution in [0.15, 0.2) is 0 Å². The summed E-state index contributed by atoms with van der Waals surface area (Å²) in [5, 5.41) is 9.89. The van der Waals surface area contributed by atoms with E-state index >= 15 is 0 Å². The number of nitrogens with one attached hydrogen (secondary N) is 2. The molecule has 0 aliphatic carbocycles. The number of hydrogen-bond donors (Lipinski definition) is 2.